The van der Waals surface area contributed by atoms with Crippen LogP contribution in [0.4, 0.5) is 11.4 Å². The largest absolute Gasteiger partial charge is 0.473 e. The first-order valence-corrected chi connectivity index (χ1v) is 4.55. The second-order valence-corrected chi connectivity index (χ2v) is 3.68. The molecule has 1 unspecified atom stereocenters. The van der Waals surface area contributed by atoms with E-state index in [0.717, 1.165) is 0 Å². The lowest BCUT2D eigenvalue weighted by Crippen LogP contribution is -2.44. The van der Waals surface area contributed by atoms with Crippen LogP contribution in [0.15, 0.2) is 12.3 Å². The lowest BCUT2D eigenvalue weighted by molar-refractivity contribution is -0.187. The van der Waals surface area contributed by atoms with Gasteiger partial charge in [0.05, 0.1) is 17.6 Å². The van der Waals surface area contributed by atoms with Gasteiger partial charge in [-0.1, -0.05) is 0 Å². The van der Waals surface area contributed by atoms with Gasteiger partial charge < -0.3 is 31.5 Å². The van der Waals surface area contributed by atoms with E-state index < -0.39 is 11.9 Å². The number of aromatic nitrogens is 1. The third-order valence-corrected chi connectivity index (χ3v) is 1.96. The Morgan fingerprint density at radius 3 is 2.39 bits per heavy atom. The van der Waals surface area contributed by atoms with Crippen LogP contribution in [0.3, 0.4) is 0 Å². The Balaban J connectivity index is 0. The molecule has 1 atom stereocenters. The fourth-order valence-corrected chi connectivity index (χ4v) is 0.896. The second-order valence-electron chi connectivity index (χ2n) is 3.68. The van der Waals surface area contributed by atoms with Gasteiger partial charge >= 0.3 is 0 Å². The first-order chi connectivity index (χ1) is 7.33. The van der Waals surface area contributed by atoms with Crippen LogP contribution in [-0.2, 0) is 0 Å². The van der Waals surface area contributed by atoms with Crippen molar-refractivity contribution in [2.75, 3.05) is 18.1 Å². The fourth-order valence-electron chi connectivity index (χ4n) is 0.896. The van der Waals surface area contributed by atoms with Crippen molar-refractivity contribution in [3.8, 4) is 5.88 Å². The number of hydrogen-bond donors (Lipinski definition) is 5. The van der Waals surface area contributed by atoms with Crippen LogP contribution in [0, 0.1) is 0 Å². The molecule has 7 nitrogen and oxygen atoms in total. The summed E-state index contributed by atoms with van der Waals surface area (Å²) in [5.74, 6) is 0.0788. The zero-order chi connectivity index (χ0) is 12.3. The maximum atomic E-state index is 9.48. The van der Waals surface area contributed by atoms with E-state index in [1.54, 1.807) is 0 Å². The van der Waals surface area contributed by atoms with E-state index in [2.05, 4.69) is 4.98 Å². The van der Waals surface area contributed by atoms with E-state index in [4.69, 9.17) is 26.4 Å². The van der Waals surface area contributed by atoms with Crippen molar-refractivity contribution in [3.63, 3.8) is 0 Å². The number of hydrogen-bond acceptors (Lipinski definition) is 7. The van der Waals surface area contributed by atoms with Crippen molar-refractivity contribution < 1.29 is 20.1 Å². The van der Waals surface area contributed by atoms with Crippen molar-refractivity contribution in [1.29, 1.82) is 0 Å². The summed E-state index contributed by atoms with van der Waals surface area (Å²) in [6.45, 7) is 0.858. The monoisotopic (exact) mass is 301 g/mol. The van der Waals surface area contributed by atoms with Crippen molar-refractivity contribution >= 4 is 36.2 Å². The minimum Gasteiger partial charge on any atom is -0.473 e. The molecule has 0 spiro atoms. The first kappa shape index (κ1) is 19.4. The Morgan fingerprint density at radius 2 is 1.94 bits per heavy atom. The third-order valence-electron chi connectivity index (χ3n) is 1.96. The summed E-state index contributed by atoms with van der Waals surface area (Å²) in [5.41, 5.74) is 9.79. The Kier molecular flexibility index (Phi) is 8.01. The van der Waals surface area contributed by atoms with Gasteiger partial charge in [0.1, 0.15) is 12.2 Å². The molecule has 0 aliphatic rings. The smallest absolute Gasteiger partial charge is 0.237 e. The molecule has 106 valence electrons. The van der Waals surface area contributed by atoms with Gasteiger partial charge in [0.25, 0.3) is 0 Å². The number of aliphatic hydroxyl groups is 3. The molecule has 0 bridgehead atoms. The molecule has 1 aromatic rings. The highest BCUT2D eigenvalue weighted by molar-refractivity contribution is 5.85. The Hall–Kier alpha value is -0.990. The van der Waals surface area contributed by atoms with E-state index in [1.807, 2.05) is 0 Å². The maximum absolute atomic E-state index is 9.48. The highest BCUT2D eigenvalue weighted by Crippen LogP contribution is 2.21. The lowest BCUT2D eigenvalue weighted by atomic mass is 10.1. The molecule has 18 heavy (non-hydrogen) atoms. The van der Waals surface area contributed by atoms with Crippen LogP contribution in [0.1, 0.15) is 6.92 Å². The highest BCUT2D eigenvalue weighted by atomic mass is 35.5. The van der Waals surface area contributed by atoms with Crippen molar-refractivity contribution in [2.45, 2.75) is 18.8 Å². The highest BCUT2D eigenvalue weighted by Gasteiger charge is 2.30. The molecule has 0 radical (unpaired) electrons. The summed E-state index contributed by atoms with van der Waals surface area (Å²) in [4.78, 5) is 3.79. The third kappa shape index (κ3) is 5.11. The van der Waals surface area contributed by atoms with Crippen LogP contribution in [-0.4, -0.2) is 38.8 Å². The summed E-state index contributed by atoms with van der Waals surface area (Å²) >= 11 is 0. The number of rotatable bonds is 4. The molecule has 1 rings (SSSR count). The number of aliphatic hydroxyl groups excluding tert-OH is 1. The summed E-state index contributed by atoms with van der Waals surface area (Å²) < 4.78 is 5.06. The summed E-state index contributed by atoms with van der Waals surface area (Å²) in [6, 6.07) is 1.45. The standard InChI is InChI=1S/C9H15N3O4.2ClH/c1-9(15,8(13)14)4-16-7-6(11)2-5(10)3-12-7;;/h2-3,8,13-15H,4,10-11H2,1H3;2*1H. The number of anilines is 2. The molecule has 1 heterocycles. The van der Waals surface area contributed by atoms with Gasteiger partial charge in [-0.2, -0.15) is 0 Å². The van der Waals surface area contributed by atoms with Crippen molar-refractivity contribution in [1.82, 2.24) is 4.98 Å². The lowest BCUT2D eigenvalue weighted by Gasteiger charge is -2.24. The average Bonchev–Trinajstić information content (AvgIpc) is 2.16. The van der Waals surface area contributed by atoms with E-state index in [9.17, 15) is 5.11 Å². The van der Waals surface area contributed by atoms with Crippen LogP contribution in [0.2, 0.25) is 0 Å². The number of nitrogens with two attached hydrogens (primary N) is 2. The van der Waals surface area contributed by atoms with Gasteiger partial charge in [-0.25, -0.2) is 4.98 Å². The van der Waals surface area contributed by atoms with E-state index >= 15 is 0 Å². The molecule has 1 aromatic heterocycles. The molecule has 0 aromatic carbocycles. The number of halogens is 2. The molecule has 0 amide bonds. The van der Waals surface area contributed by atoms with E-state index in [-0.39, 0.29) is 43.0 Å². The van der Waals surface area contributed by atoms with Gasteiger partial charge in [0.2, 0.25) is 5.88 Å². The van der Waals surface area contributed by atoms with Gasteiger partial charge in [0, 0.05) is 0 Å². The number of nitrogens with zero attached hydrogens (tertiary/aromatic N) is 1. The molecule has 9 heteroatoms. The summed E-state index contributed by atoms with van der Waals surface area (Å²) in [7, 11) is 0. The van der Waals surface area contributed by atoms with Crippen molar-refractivity contribution in [3.05, 3.63) is 12.3 Å². The molecule has 0 aliphatic carbocycles. The number of ether oxygens (including phenoxy) is 1. The summed E-state index contributed by atoms with van der Waals surface area (Å²) in [6.07, 6.45) is -0.571. The Morgan fingerprint density at radius 1 is 1.39 bits per heavy atom. The minimum atomic E-state index is -1.91. The molecule has 0 saturated carbocycles. The quantitative estimate of drug-likeness (QED) is 0.474. The van der Waals surface area contributed by atoms with E-state index in [1.165, 1.54) is 19.2 Å². The van der Waals surface area contributed by atoms with Gasteiger partial charge in [-0.15, -0.1) is 24.8 Å². The normalized spacial score (nSPS) is 13.2. The maximum Gasteiger partial charge on any atom is 0.237 e. The molecule has 7 N–H and O–H groups in total. The van der Waals surface area contributed by atoms with Gasteiger partial charge in [0.15, 0.2) is 6.29 Å². The fraction of sp³-hybridized carbons (Fsp3) is 0.444. The number of pyridine rings is 1. The Labute approximate surface area is 117 Å². The SMILES string of the molecule is CC(O)(COc1ncc(N)cc1N)C(O)O.Cl.Cl. The van der Waals surface area contributed by atoms with Gasteiger partial charge in [-0.3, -0.25) is 0 Å². The predicted octanol–water partition coefficient (Wildman–Crippen LogP) is -0.470. The topological polar surface area (TPSA) is 135 Å². The predicted molar refractivity (Wildman–Crippen MR) is 71.9 cm³/mol. The molecule has 0 aliphatic heterocycles. The van der Waals surface area contributed by atoms with Gasteiger partial charge in [-0.05, 0) is 13.0 Å². The molecule has 0 fully saturated rings. The second kappa shape index (κ2) is 7.45. The Bertz CT molecular complexity index is 377. The van der Waals surface area contributed by atoms with Crippen LogP contribution < -0.4 is 16.2 Å². The average molecular weight is 302 g/mol. The summed E-state index contributed by atoms with van der Waals surface area (Å²) in [5, 5.41) is 27.1. The zero-order valence-corrected chi connectivity index (χ0v) is 11.2. The molecular weight excluding hydrogens is 285 g/mol. The van der Waals surface area contributed by atoms with Crippen LogP contribution >= 0.6 is 24.8 Å². The minimum absolute atomic E-state index is 0. The number of nitrogen functional groups attached to an aromatic ring is 2. The van der Waals surface area contributed by atoms with E-state index in [0.29, 0.717) is 5.69 Å². The first-order valence-electron chi connectivity index (χ1n) is 4.55. The molecule has 0 saturated heterocycles. The van der Waals surface area contributed by atoms with Crippen LogP contribution in [0.25, 0.3) is 0 Å². The zero-order valence-electron chi connectivity index (χ0n) is 9.61. The van der Waals surface area contributed by atoms with Crippen LogP contribution in [0.5, 0.6) is 5.88 Å². The van der Waals surface area contributed by atoms with Crippen molar-refractivity contribution in [2.24, 2.45) is 0 Å². The molecular formula is C9H17Cl2N3O4.